The molecule has 0 saturated carbocycles. The lowest BCUT2D eigenvalue weighted by Crippen LogP contribution is -2.29. The molecule has 0 saturated heterocycles. The Morgan fingerprint density at radius 3 is 2.50 bits per heavy atom. The van der Waals surface area contributed by atoms with Crippen LogP contribution in [0.5, 0.6) is 0 Å². The van der Waals surface area contributed by atoms with Crippen LogP contribution in [0.15, 0.2) is 48.7 Å². The number of rotatable bonds is 6. The van der Waals surface area contributed by atoms with Crippen molar-refractivity contribution in [2.75, 3.05) is 0 Å². The lowest BCUT2D eigenvalue weighted by atomic mass is 9.93. The van der Waals surface area contributed by atoms with E-state index in [0.717, 1.165) is 5.56 Å². The van der Waals surface area contributed by atoms with Gasteiger partial charge < -0.3 is 5.32 Å². The van der Waals surface area contributed by atoms with E-state index in [2.05, 4.69) is 10.3 Å². The molecule has 0 fully saturated rings. The predicted octanol–water partition coefficient (Wildman–Crippen LogP) is 3.18. The van der Waals surface area contributed by atoms with Crippen LogP contribution in [0.3, 0.4) is 0 Å². The number of carbonyl (C=O) groups excluding carboxylic acids is 2. The maximum absolute atomic E-state index is 12.6. The van der Waals surface area contributed by atoms with E-state index in [9.17, 15) is 14.9 Å². The summed E-state index contributed by atoms with van der Waals surface area (Å²) in [6.07, 6.45) is 1.54. The van der Waals surface area contributed by atoms with Crippen LogP contribution in [-0.2, 0) is 9.59 Å². The van der Waals surface area contributed by atoms with Crippen molar-refractivity contribution in [3.63, 3.8) is 0 Å². The highest BCUT2D eigenvalue weighted by atomic mass is 35.5. The lowest BCUT2D eigenvalue weighted by molar-refractivity contribution is -0.121. The number of nitrogens with zero attached hydrogens (tertiary/aromatic N) is 2. The normalized spacial score (nSPS) is 12.7. The number of pyridine rings is 1. The van der Waals surface area contributed by atoms with Crippen LogP contribution in [0.2, 0.25) is 5.02 Å². The molecule has 1 aromatic carbocycles. The molecule has 0 spiro atoms. The molecule has 0 aliphatic rings. The molecule has 24 heavy (non-hydrogen) atoms. The standard InChI is InChI=1S/C18H16ClN3O2/c1-12(23)22-17(13-5-7-14(19)8-6-13)10-18(24)15(11-20)16-4-2-3-9-21-16/h2-9,15,17H,10H2,1H3,(H,22,23)/t15-,17+/m1/s1. The minimum Gasteiger partial charge on any atom is -0.349 e. The van der Waals surface area contributed by atoms with Gasteiger partial charge in [-0.1, -0.05) is 29.8 Å². The van der Waals surface area contributed by atoms with Gasteiger partial charge in [-0.15, -0.1) is 0 Å². The van der Waals surface area contributed by atoms with Crippen molar-refractivity contribution >= 4 is 23.3 Å². The Morgan fingerprint density at radius 1 is 1.25 bits per heavy atom. The van der Waals surface area contributed by atoms with Gasteiger partial charge in [0.05, 0.1) is 17.8 Å². The number of hydrogen-bond acceptors (Lipinski definition) is 4. The van der Waals surface area contributed by atoms with E-state index in [-0.39, 0.29) is 18.1 Å². The molecule has 2 rings (SSSR count). The number of hydrogen-bond donors (Lipinski definition) is 1. The third-order valence-corrected chi connectivity index (χ3v) is 3.74. The van der Waals surface area contributed by atoms with Crippen LogP contribution in [-0.4, -0.2) is 16.7 Å². The second-order valence-corrected chi connectivity index (χ2v) is 5.73. The summed E-state index contributed by atoms with van der Waals surface area (Å²) in [5.74, 6) is -1.52. The summed E-state index contributed by atoms with van der Waals surface area (Å²) in [4.78, 5) is 28.1. The average Bonchev–Trinajstić information content (AvgIpc) is 2.56. The molecule has 5 nitrogen and oxygen atoms in total. The smallest absolute Gasteiger partial charge is 0.217 e. The summed E-state index contributed by atoms with van der Waals surface area (Å²) < 4.78 is 0. The Kier molecular flexibility index (Phi) is 6.05. The molecule has 0 aliphatic carbocycles. The second-order valence-electron chi connectivity index (χ2n) is 5.29. The molecule has 1 aromatic heterocycles. The Labute approximate surface area is 145 Å². The van der Waals surface area contributed by atoms with Crippen LogP contribution in [0.1, 0.15) is 36.6 Å². The monoisotopic (exact) mass is 341 g/mol. The van der Waals surface area contributed by atoms with E-state index in [0.29, 0.717) is 10.7 Å². The first-order chi connectivity index (χ1) is 11.5. The van der Waals surface area contributed by atoms with Crippen molar-refractivity contribution in [2.24, 2.45) is 0 Å². The molecule has 122 valence electrons. The Hall–Kier alpha value is -2.71. The van der Waals surface area contributed by atoms with Crippen molar-refractivity contribution < 1.29 is 9.59 Å². The van der Waals surface area contributed by atoms with Crippen LogP contribution in [0, 0.1) is 11.3 Å². The van der Waals surface area contributed by atoms with Crippen molar-refractivity contribution in [2.45, 2.75) is 25.3 Å². The van der Waals surface area contributed by atoms with Gasteiger partial charge in [-0.05, 0) is 29.8 Å². The number of Topliss-reactive ketones (excluding diaryl/α,β-unsaturated/α-hetero) is 1. The molecule has 1 heterocycles. The topological polar surface area (TPSA) is 82.9 Å². The fraction of sp³-hybridized carbons (Fsp3) is 0.222. The molecule has 6 heteroatoms. The number of nitrogens with one attached hydrogen (secondary N) is 1. The Balaban J connectivity index is 2.22. The van der Waals surface area contributed by atoms with Crippen LogP contribution in [0.4, 0.5) is 0 Å². The van der Waals surface area contributed by atoms with Gasteiger partial charge in [-0.2, -0.15) is 5.26 Å². The van der Waals surface area contributed by atoms with Gasteiger partial charge in [0, 0.05) is 24.6 Å². The molecule has 0 bridgehead atoms. The maximum atomic E-state index is 12.6. The highest BCUT2D eigenvalue weighted by Crippen LogP contribution is 2.24. The minimum absolute atomic E-state index is 0.00396. The number of nitriles is 1. The molecular weight excluding hydrogens is 326 g/mol. The van der Waals surface area contributed by atoms with Crippen molar-refractivity contribution in [3.05, 3.63) is 64.9 Å². The molecule has 1 N–H and O–H groups in total. The summed E-state index contributed by atoms with van der Waals surface area (Å²) in [6.45, 7) is 1.38. The summed E-state index contributed by atoms with van der Waals surface area (Å²) in [6, 6.07) is 13.4. The first-order valence-corrected chi connectivity index (χ1v) is 7.75. The molecule has 2 atom stereocenters. The van der Waals surface area contributed by atoms with Crippen LogP contribution >= 0.6 is 11.6 Å². The van der Waals surface area contributed by atoms with Crippen molar-refractivity contribution in [1.29, 1.82) is 5.26 Å². The average molecular weight is 342 g/mol. The summed E-state index contributed by atoms with van der Waals surface area (Å²) >= 11 is 5.88. The Morgan fingerprint density at radius 2 is 1.96 bits per heavy atom. The fourth-order valence-electron chi connectivity index (χ4n) is 2.36. The number of amides is 1. The first-order valence-electron chi connectivity index (χ1n) is 7.37. The zero-order valence-corrected chi connectivity index (χ0v) is 13.8. The number of halogens is 1. The largest absolute Gasteiger partial charge is 0.349 e. The highest BCUT2D eigenvalue weighted by molar-refractivity contribution is 6.30. The first kappa shape index (κ1) is 17.6. The molecule has 1 amide bonds. The lowest BCUT2D eigenvalue weighted by Gasteiger charge is -2.19. The molecule has 0 unspecified atom stereocenters. The number of benzene rings is 1. The van der Waals surface area contributed by atoms with E-state index in [1.165, 1.54) is 13.1 Å². The van der Waals surface area contributed by atoms with Gasteiger partial charge in [-0.3, -0.25) is 14.6 Å². The highest BCUT2D eigenvalue weighted by Gasteiger charge is 2.25. The zero-order chi connectivity index (χ0) is 17.5. The van der Waals surface area contributed by atoms with E-state index in [4.69, 9.17) is 11.6 Å². The third kappa shape index (κ3) is 4.64. The van der Waals surface area contributed by atoms with E-state index in [1.54, 1.807) is 42.5 Å². The third-order valence-electron chi connectivity index (χ3n) is 3.49. The molecular formula is C18H16ClN3O2. The predicted molar refractivity (Wildman–Crippen MR) is 90.2 cm³/mol. The van der Waals surface area contributed by atoms with E-state index in [1.807, 2.05) is 6.07 Å². The van der Waals surface area contributed by atoms with E-state index < -0.39 is 12.0 Å². The summed E-state index contributed by atoms with van der Waals surface area (Å²) in [5, 5.41) is 12.6. The quantitative estimate of drug-likeness (QED) is 0.874. The Bertz CT molecular complexity index is 754. The summed E-state index contributed by atoms with van der Waals surface area (Å²) in [7, 11) is 0. The van der Waals surface area contributed by atoms with Crippen molar-refractivity contribution in [3.8, 4) is 6.07 Å². The van der Waals surface area contributed by atoms with Gasteiger partial charge >= 0.3 is 0 Å². The zero-order valence-electron chi connectivity index (χ0n) is 13.1. The van der Waals surface area contributed by atoms with Gasteiger partial charge in [0.15, 0.2) is 5.78 Å². The molecule has 2 aromatic rings. The van der Waals surface area contributed by atoms with E-state index >= 15 is 0 Å². The summed E-state index contributed by atoms with van der Waals surface area (Å²) in [5.41, 5.74) is 1.16. The fourth-order valence-corrected chi connectivity index (χ4v) is 2.49. The second kappa shape index (κ2) is 8.23. The van der Waals surface area contributed by atoms with Gasteiger partial charge in [-0.25, -0.2) is 0 Å². The maximum Gasteiger partial charge on any atom is 0.217 e. The SMILES string of the molecule is CC(=O)N[C@@H](CC(=O)[C@H](C#N)c1ccccn1)c1ccc(Cl)cc1. The van der Waals surface area contributed by atoms with Crippen LogP contribution in [0.25, 0.3) is 0 Å². The van der Waals surface area contributed by atoms with Gasteiger partial charge in [0.1, 0.15) is 5.92 Å². The molecule has 0 aliphatic heterocycles. The van der Waals surface area contributed by atoms with Crippen molar-refractivity contribution in [1.82, 2.24) is 10.3 Å². The van der Waals surface area contributed by atoms with Gasteiger partial charge in [0.2, 0.25) is 5.91 Å². The number of ketones is 1. The number of aromatic nitrogens is 1. The minimum atomic E-state index is -0.963. The molecule has 0 radical (unpaired) electrons. The number of carbonyl (C=O) groups is 2. The van der Waals surface area contributed by atoms with Gasteiger partial charge in [0.25, 0.3) is 0 Å². The van der Waals surface area contributed by atoms with Crippen LogP contribution < -0.4 is 5.32 Å².